The molecule has 0 radical (unpaired) electrons. The molecule has 0 bridgehead atoms. The second-order valence-corrected chi connectivity index (χ2v) is 16.8. The van der Waals surface area contributed by atoms with Crippen LogP contribution < -0.4 is 5.32 Å². The number of carbonyl (C=O) groups excluding carboxylic acids is 1. The van der Waals surface area contributed by atoms with Crippen LogP contribution in [0.1, 0.15) is 110 Å². The van der Waals surface area contributed by atoms with Crippen LogP contribution in [-0.2, 0) is 33.2 Å². The molecule has 0 aliphatic carbocycles. The van der Waals surface area contributed by atoms with Gasteiger partial charge >= 0.3 is 0 Å². The zero-order valence-electron chi connectivity index (χ0n) is 37.5. The summed E-state index contributed by atoms with van der Waals surface area (Å²) in [6.07, 6.45) is -0.835. The summed E-state index contributed by atoms with van der Waals surface area (Å²) in [5.41, 5.74) is 0. The van der Waals surface area contributed by atoms with Crippen molar-refractivity contribution in [2.24, 2.45) is 0 Å². The van der Waals surface area contributed by atoms with Crippen LogP contribution >= 0.6 is 0 Å². The Bertz CT molecular complexity index is 1340. The third-order valence-electron chi connectivity index (χ3n) is 11.7. The maximum atomic E-state index is 13.1. The van der Waals surface area contributed by atoms with E-state index in [0.717, 1.165) is 64.2 Å². The summed E-state index contributed by atoms with van der Waals surface area (Å²) in [7, 11) is 0. The molecule has 0 aromatic carbocycles. The summed E-state index contributed by atoms with van der Waals surface area (Å²) >= 11 is 0. The first-order valence-corrected chi connectivity index (χ1v) is 23.2. The Kier molecular flexibility index (Phi) is 27.4. The van der Waals surface area contributed by atoms with Crippen molar-refractivity contribution in [1.82, 2.24) is 5.32 Å². The van der Waals surface area contributed by atoms with E-state index in [1.807, 2.05) is 0 Å². The highest BCUT2D eigenvalue weighted by molar-refractivity contribution is 5.76. The number of hydrogen-bond donors (Lipinski definition) is 12. The van der Waals surface area contributed by atoms with Crippen LogP contribution in [0, 0.1) is 0 Å². The Balaban J connectivity index is 1.60. The molecule has 17 unspecified atom stereocenters. The molecule has 17 atom stereocenters. The summed E-state index contributed by atoms with van der Waals surface area (Å²) in [5.74, 6) is -0.305. The first kappa shape index (κ1) is 56.3. The number of hydrogen-bond acceptors (Lipinski definition) is 18. The zero-order chi connectivity index (χ0) is 47.0. The molecule has 0 spiro atoms. The number of nitrogens with one attached hydrogen (secondary N) is 1. The fourth-order valence-corrected chi connectivity index (χ4v) is 7.64. The van der Waals surface area contributed by atoms with E-state index in [9.17, 15) is 61.0 Å². The van der Waals surface area contributed by atoms with Crippen LogP contribution in [0.3, 0.4) is 0 Å². The third-order valence-corrected chi connectivity index (χ3v) is 11.7. The van der Waals surface area contributed by atoms with E-state index in [2.05, 4.69) is 43.5 Å². The summed E-state index contributed by atoms with van der Waals surface area (Å²) in [5, 5.41) is 119. The van der Waals surface area contributed by atoms with Gasteiger partial charge in [0.2, 0.25) is 5.91 Å². The summed E-state index contributed by atoms with van der Waals surface area (Å²) < 4.78 is 33.9. The van der Waals surface area contributed by atoms with Gasteiger partial charge in [-0.3, -0.25) is 4.79 Å². The molecule has 12 N–H and O–H groups in total. The normalized spacial score (nSPS) is 34.8. The Morgan fingerprint density at radius 1 is 0.547 bits per heavy atom. The first-order chi connectivity index (χ1) is 30.8. The largest absolute Gasteiger partial charge is 0.394 e. The van der Waals surface area contributed by atoms with Gasteiger partial charge in [-0.2, -0.15) is 0 Å². The van der Waals surface area contributed by atoms with Crippen molar-refractivity contribution in [3.63, 3.8) is 0 Å². The number of carbonyl (C=O) groups is 1. The molecule has 3 fully saturated rings. The van der Waals surface area contributed by atoms with Crippen molar-refractivity contribution in [2.75, 3.05) is 26.4 Å². The van der Waals surface area contributed by atoms with E-state index in [0.29, 0.717) is 12.8 Å². The average molecular weight is 922 g/mol. The number of amides is 1. The van der Waals surface area contributed by atoms with Gasteiger partial charge in [0.1, 0.15) is 73.2 Å². The maximum absolute atomic E-state index is 13.1. The highest BCUT2D eigenvalue weighted by Gasteiger charge is 2.53. The highest BCUT2D eigenvalue weighted by Crippen LogP contribution is 2.33. The number of allylic oxidation sites excluding steroid dienone is 5. The monoisotopic (exact) mass is 922 g/mol. The summed E-state index contributed by atoms with van der Waals surface area (Å²) in [6.45, 7) is 1.50. The highest BCUT2D eigenvalue weighted by atomic mass is 16.8. The molecule has 0 aromatic rings. The van der Waals surface area contributed by atoms with Crippen molar-refractivity contribution in [1.29, 1.82) is 0 Å². The van der Waals surface area contributed by atoms with Gasteiger partial charge < -0.3 is 89.9 Å². The minimum Gasteiger partial charge on any atom is -0.394 e. The molecule has 3 heterocycles. The lowest BCUT2D eigenvalue weighted by Crippen LogP contribution is -2.66. The Morgan fingerprint density at radius 2 is 1.00 bits per heavy atom. The predicted molar refractivity (Wildman–Crippen MR) is 231 cm³/mol. The van der Waals surface area contributed by atoms with Gasteiger partial charge in [0, 0.05) is 6.42 Å². The van der Waals surface area contributed by atoms with Crippen molar-refractivity contribution >= 4 is 5.91 Å². The molecule has 0 aromatic heterocycles. The van der Waals surface area contributed by atoms with Gasteiger partial charge in [-0.25, -0.2) is 0 Å². The number of ether oxygens (including phenoxy) is 6. The Morgan fingerprint density at radius 3 is 1.56 bits per heavy atom. The number of aliphatic hydroxyl groups is 11. The quantitative estimate of drug-likeness (QED) is 0.0330. The first-order valence-electron chi connectivity index (χ1n) is 23.2. The van der Waals surface area contributed by atoms with E-state index in [1.54, 1.807) is 12.2 Å². The van der Waals surface area contributed by atoms with E-state index >= 15 is 0 Å². The van der Waals surface area contributed by atoms with Gasteiger partial charge in [-0.05, 0) is 44.9 Å². The molecule has 3 saturated heterocycles. The SMILES string of the molecule is CCCC/C=C\CCCCCCCC(=O)NC(COC1OC(CO)C(OC2OC(CO)C(OC3OC(CO)C(O)C(O)C3O)C(O)C2O)C(O)C1O)C(O)/C=C/CC/C=C/CCCC. The summed E-state index contributed by atoms with van der Waals surface area (Å²) in [6, 6.07) is -0.987. The minimum absolute atomic E-state index is 0.223. The van der Waals surface area contributed by atoms with Crippen molar-refractivity contribution in [3.05, 3.63) is 36.5 Å². The van der Waals surface area contributed by atoms with E-state index < -0.39 is 124 Å². The molecule has 19 heteroatoms. The smallest absolute Gasteiger partial charge is 0.220 e. The molecule has 64 heavy (non-hydrogen) atoms. The van der Waals surface area contributed by atoms with Crippen LogP contribution in [0.5, 0.6) is 0 Å². The number of rotatable bonds is 30. The van der Waals surface area contributed by atoms with Crippen molar-refractivity contribution in [2.45, 2.75) is 214 Å². The van der Waals surface area contributed by atoms with Crippen molar-refractivity contribution < 1.29 is 89.4 Å². The molecule has 3 aliphatic heterocycles. The van der Waals surface area contributed by atoms with E-state index in [1.165, 1.54) is 12.8 Å². The fourth-order valence-electron chi connectivity index (χ4n) is 7.64. The van der Waals surface area contributed by atoms with Crippen LogP contribution in [0.2, 0.25) is 0 Å². The van der Waals surface area contributed by atoms with Gasteiger partial charge in [0.25, 0.3) is 0 Å². The predicted octanol–water partition coefficient (Wildman–Crippen LogP) is -0.143. The van der Waals surface area contributed by atoms with E-state index in [-0.39, 0.29) is 18.9 Å². The molecule has 3 rings (SSSR count). The van der Waals surface area contributed by atoms with Gasteiger partial charge in [0.05, 0.1) is 38.6 Å². The van der Waals surface area contributed by atoms with Gasteiger partial charge in [-0.1, -0.05) is 95.2 Å². The van der Waals surface area contributed by atoms with Crippen molar-refractivity contribution in [3.8, 4) is 0 Å². The molecule has 0 saturated carbocycles. The molecular formula is C45H79NO18. The summed E-state index contributed by atoms with van der Waals surface area (Å²) in [4.78, 5) is 13.1. The Labute approximate surface area is 377 Å². The lowest BCUT2D eigenvalue weighted by atomic mass is 9.96. The van der Waals surface area contributed by atoms with Gasteiger partial charge in [-0.15, -0.1) is 0 Å². The molecule has 1 amide bonds. The van der Waals surface area contributed by atoms with Gasteiger partial charge in [0.15, 0.2) is 18.9 Å². The fraction of sp³-hybridized carbons (Fsp3) is 0.844. The van der Waals surface area contributed by atoms with Crippen LogP contribution in [-0.4, -0.2) is 193 Å². The molecular weight excluding hydrogens is 842 g/mol. The molecule has 372 valence electrons. The lowest BCUT2D eigenvalue weighted by molar-refractivity contribution is -0.379. The van der Waals surface area contributed by atoms with Crippen LogP contribution in [0.15, 0.2) is 36.5 Å². The average Bonchev–Trinajstić information content (AvgIpc) is 3.29. The van der Waals surface area contributed by atoms with E-state index in [4.69, 9.17) is 28.4 Å². The number of unbranched alkanes of at least 4 members (excludes halogenated alkanes) is 10. The molecule has 3 aliphatic rings. The zero-order valence-corrected chi connectivity index (χ0v) is 37.5. The second-order valence-electron chi connectivity index (χ2n) is 16.8. The number of aliphatic hydroxyl groups excluding tert-OH is 11. The standard InChI is InChI=1S/C45H79NO18/c1-3-5-7-9-11-13-14-15-17-19-21-23-33(51)46-28(29(50)22-20-18-16-12-10-8-6-4-2)27-59-43-39(57)36(54)41(31(25-48)61-43)64-45-40(58)37(55)42(32(26-49)62-45)63-44-38(56)35(53)34(52)30(24-47)60-44/h9-12,20,22,28-32,34-45,47-50,52-58H,3-8,13-19,21,23-27H2,1-2H3,(H,46,51)/b11-9-,12-10+,22-20+. The third kappa shape index (κ3) is 17.9. The minimum atomic E-state index is -1.98. The van der Waals surface area contributed by atoms with Crippen LogP contribution in [0.4, 0.5) is 0 Å². The van der Waals surface area contributed by atoms with Crippen LogP contribution in [0.25, 0.3) is 0 Å². The Hall–Kier alpha value is -1.99. The molecule has 19 nitrogen and oxygen atoms in total. The maximum Gasteiger partial charge on any atom is 0.220 e. The lowest BCUT2D eigenvalue weighted by Gasteiger charge is -2.48. The topological polar surface area (TPSA) is 307 Å². The second kappa shape index (κ2) is 31.1.